The average molecular weight is 193 g/mol. The second kappa shape index (κ2) is 4.16. The highest BCUT2D eigenvalue weighted by molar-refractivity contribution is 6.32. The van der Waals surface area contributed by atoms with Crippen LogP contribution in [0.15, 0.2) is 12.3 Å². The molecule has 1 aromatic rings. The van der Waals surface area contributed by atoms with E-state index in [2.05, 4.69) is 4.98 Å². The van der Waals surface area contributed by atoms with E-state index in [1.807, 2.05) is 0 Å². The van der Waals surface area contributed by atoms with Crippen LogP contribution in [-0.2, 0) is 0 Å². The van der Waals surface area contributed by atoms with E-state index in [0.717, 1.165) is 0 Å². The lowest BCUT2D eigenvalue weighted by Crippen LogP contribution is -1.94. The number of aldehydes is 1. The molecular weight excluding hydrogens is 187 g/mol. The molecule has 5 heteroatoms. The molecule has 3 nitrogen and oxygen atoms in total. The first kappa shape index (κ1) is 10.2. The normalized spacial score (nSPS) is 8.45. The van der Waals surface area contributed by atoms with Crippen LogP contribution in [-0.4, -0.2) is 11.3 Å². The van der Waals surface area contributed by atoms with E-state index < -0.39 is 0 Å². The van der Waals surface area contributed by atoms with Crippen molar-refractivity contribution in [3.8, 4) is 0 Å². The second-order valence-electron chi connectivity index (χ2n) is 1.72. The number of nitrogens with zero attached hydrogens (tertiary/aromatic N) is 1. The number of carbonyl (C=O) groups is 1. The Bertz CT molecular complexity index is 245. The van der Waals surface area contributed by atoms with Crippen molar-refractivity contribution in [3.63, 3.8) is 0 Å². The molecule has 60 valence electrons. The number of anilines is 1. The number of nitrogens with two attached hydrogens (primary N) is 1. The van der Waals surface area contributed by atoms with Crippen molar-refractivity contribution < 1.29 is 4.79 Å². The summed E-state index contributed by atoms with van der Waals surface area (Å²) >= 11 is 5.51. The Balaban J connectivity index is 0.000001000. The highest BCUT2D eigenvalue weighted by Gasteiger charge is 2.01. The molecule has 0 aliphatic rings. The molecular formula is C6H6Cl2N2O. The van der Waals surface area contributed by atoms with Gasteiger partial charge in [0.25, 0.3) is 0 Å². The lowest BCUT2D eigenvalue weighted by molar-refractivity contribution is 0.112. The first-order valence-corrected chi connectivity index (χ1v) is 2.98. The van der Waals surface area contributed by atoms with Crippen LogP contribution in [0.25, 0.3) is 0 Å². The molecule has 0 atom stereocenters. The third-order valence-electron chi connectivity index (χ3n) is 1.09. The molecule has 2 N–H and O–H groups in total. The fourth-order valence-corrected chi connectivity index (χ4v) is 0.788. The molecule has 1 heterocycles. The molecule has 0 radical (unpaired) electrons. The summed E-state index contributed by atoms with van der Waals surface area (Å²) in [6, 6.07) is 1.52. The van der Waals surface area contributed by atoms with Crippen LogP contribution < -0.4 is 5.73 Å². The van der Waals surface area contributed by atoms with Gasteiger partial charge in [0.05, 0.1) is 5.56 Å². The second-order valence-corrected chi connectivity index (χ2v) is 2.08. The van der Waals surface area contributed by atoms with Gasteiger partial charge in [-0.3, -0.25) is 4.79 Å². The molecule has 0 unspecified atom stereocenters. The molecule has 1 aromatic heterocycles. The van der Waals surface area contributed by atoms with E-state index in [0.29, 0.717) is 12.0 Å². The maximum atomic E-state index is 10.2. The number of hydrogen-bond acceptors (Lipinski definition) is 3. The Kier molecular flexibility index (Phi) is 3.85. The minimum atomic E-state index is 0. The van der Waals surface area contributed by atoms with Gasteiger partial charge in [-0.05, 0) is 6.07 Å². The quantitative estimate of drug-likeness (QED) is 0.543. The van der Waals surface area contributed by atoms with Gasteiger partial charge in [0.15, 0.2) is 6.29 Å². The van der Waals surface area contributed by atoms with Crippen LogP contribution in [0.5, 0.6) is 0 Å². The van der Waals surface area contributed by atoms with Gasteiger partial charge in [0.1, 0.15) is 5.15 Å². The van der Waals surface area contributed by atoms with Gasteiger partial charge in [-0.25, -0.2) is 4.98 Å². The summed E-state index contributed by atoms with van der Waals surface area (Å²) in [4.78, 5) is 13.9. The van der Waals surface area contributed by atoms with Crippen molar-refractivity contribution >= 4 is 36.0 Å². The van der Waals surface area contributed by atoms with Crippen LogP contribution in [0.3, 0.4) is 0 Å². The fourth-order valence-electron chi connectivity index (χ4n) is 0.578. The van der Waals surface area contributed by atoms with Gasteiger partial charge in [0.2, 0.25) is 0 Å². The van der Waals surface area contributed by atoms with E-state index in [4.69, 9.17) is 17.3 Å². The minimum absolute atomic E-state index is 0. The first-order valence-electron chi connectivity index (χ1n) is 2.61. The molecule has 0 saturated carbocycles. The summed E-state index contributed by atoms with van der Waals surface area (Å²) in [5, 5.41) is 0.148. The standard InChI is InChI=1S/C6H5ClN2O.ClH/c7-6-4(3-10)5(8)1-2-9-6;/h1-3H,(H2,8,9);1H. The van der Waals surface area contributed by atoms with Crippen LogP contribution >= 0.6 is 24.0 Å². The van der Waals surface area contributed by atoms with Crippen LogP contribution in [0, 0.1) is 0 Å². The van der Waals surface area contributed by atoms with Gasteiger partial charge in [-0.1, -0.05) is 11.6 Å². The molecule has 11 heavy (non-hydrogen) atoms. The van der Waals surface area contributed by atoms with Crippen molar-refractivity contribution in [2.75, 3.05) is 5.73 Å². The van der Waals surface area contributed by atoms with Gasteiger partial charge < -0.3 is 5.73 Å². The van der Waals surface area contributed by atoms with Crippen LogP contribution in [0.4, 0.5) is 5.69 Å². The molecule has 0 aromatic carbocycles. The Hall–Kier alpha value is -0.800. The van der Waals surface area contributed by atoms with Crippen molar-refractivity contribution in [3.05, 3.63) is 23.0 Å². The van der Waals surface area contributed by atoms with Crippen molar-refractivity contribution in [2.24, 2.45) is 0 Å². The fraction of sp³-hybridized carbons (Fsp3) is 0. The van der Waals surface area contributed by atoms with Crippen molar-refractivity contribution in [1.82, 2.24) is 4.98 Å². The SMILES string of the molecule is Cl.Nc1ccnc(Cl)c1C=O. The Morgan fingerprint density at radius 3 is 2.64 bits per heavy atom. The summed E-state index contributed by atoms with van der Waals surface area (Å²) in [5.41, 5.74) is 5.99. The number of nitrogen functional groups attached to an aromatic ring is 1. The third kappa shape index (κ3) is 2.06. The van der Waals surface area contributed by atoms with Gasteiger partial charge in [0, 0.05) is 11.9 Å². The smallest absolute Gasteiger partial charge is 0.155 e. The van der Waals surface area contributed by atoms with E-state index in [-0.39, 0.29) is 23.1 Å². The maximum absolute atomic E-state index is 10.2. The topological polar surface area (TPSA) is 56.0 Å². The van der Waals surface area contributed by atoms with E-state index >= 15 is 0 Å². The minimum Gasteiger partial charge on any atom is -0.398 e. The monoisotopic (exact) mass is 192 g/mol. The van der Waals surface area contributed by atoms with Gasteiger partial charge in [-0.2, -0.15) is 0 Å². The summed E-state index contributed by atoms with van der Waals surface area (Å²) in [6.45, 7) is 0. The molecule has 0 aliphatic heterocycles. The van der Waals surface area contributed by atoms with Crippen LogP contribution in [0.2, 0.25) is 5.15 Å². The zero-order chi connectivity index (χ0) is 7.56. The molecule has 0 spiro atoms. The zero-order valence-corrected chi connectivity index (χ0v) is 7.02. The number of hydrogen-bond donors (Lipinski definition) is 1. The predicted molar refractivity (Wildman–Crippen MR) is 46.3 cm³/mol. The Morgan fingerprint density at radius 2 is 2.27 bits per heavy atom. The number of halogens is 2. The highest BCUT2D eigenvalue weighted by Crippen LogP contribution is 2.15. The predicted octanol–water partition coefficient (Wildman–Crippen LogP) is 1.55. The van der Waals surface area contributed by atoms with Gasteiger partial charge >= 0.3 is 0 Å². The largest absolute Gasteiger partial charge is 0.398 e. The molecule has 0 amide bonds. The van der Waals surface area contributed by atoms with Crippen molar-refractivity contribution in [1.29, 1.82) is 0 Å². The van der Waals surface area contributed by atoms with E-state index in [9.17, 15) is 4.79 Å². The molecule has 1 rings (SSSR count). The highest BCUT2D eigenvalue weighted by atomic mass is 35.5. The first-order chi connectivity index (χ1) is 4.75. The summed E-state index contributed by atoms with van der Waals surface area (Å²) in [5.74, 6) is 0. The Labute approximate surface area is 75.0 Å². The summed E-state index contributed by atoms with van der Waals surface area (Å²) in [7, 11) is 0. The average Bonchev–Trinajstić information content (AvgIpc) is 1.88. The maximum Gasteiger partial charge on any atom is 0.155 e. The number of rotatable bonds is 1. The number of pyridine rings is 1. The van der Waals surface area contributed by atoms with E-state index in [1.165, 1.54) is 12.3 Å². The molecule has 0 bridgehead atoms. The molecule has 0 aliphatic carbocycles. The lowest BCUT2D eigenvalue weighted by atomic mass is 10.3. The summed E-state index contributed by atoms with van der Waals surface area (Å²) in [6.07, 6.45) is 2.04. The molecule has 0 fully saturated rings. The third-order valence-corrected chi connectivity index (χ3v) is 1.39. The summed E-state index contributed by atoms with van der Waals surface area (Å²) < 4.78 is 0. The van der Waals surface area contributed by atoms with Crippen LogP contribution in [0.1, 0.15) is 10.4 Å². The zero-order valence-electron chi connectivity index (χ0n) is 5.45. The number of aromatic nitrogens is 1. The van der Waals surface area contributed by atoms with Crippen molar-refractivity contribution in [2.45, 2.75) is 0 Å². The molecule has 0 saturated heterocycles. The Morgan fingerprint density at radius 1 is 1.64 bits per heavy atom. The lowest BCUT2D eigenvalue weighted by Gasteiger charge is -1.96. The van der Waals surface area contributed by atoms with Gasteiger partial charge in [-0.15, -0.1) is 12.4 Å². The number of carbonyl (C=O) groups excluding carboxylic acids is 1. The van der Waals surface area contributed by atoms with E-state index in [1.54, 1.807) is 0 Å².